The number of hydrogen-bond acceptors (Lipinski definition) is 6. The molecule has 74 valence electrons. The number of H-pyrrole nitrogens is 1. The minimum Gasteiger partial charge on any atom is -0.394 e. The quantitative estimate of drug-likeness (QED) is 0.605. The van der Waals surface area contributed by atoms with E-state index in [0.717, 1.165) is 0 Å². The van der Waals surface area contributed by atoms with Crippen molar-refractivity contribution in [1.29, 1.82) is 0 Å². The van der Waals surface area contributed by atoms with Crippen molar-refractivity contribution in [3.05, 3.63) is 18.1 Å². The van der Waals surface area contributed by atoms with Crippen LogP contribution in [0, 0.1) is 0 Å². The molecule has 0 amide bonds. The summed E-state index contributed by atoms with van der Waals surface area (Å²) in [5.41, 5.74) is 6.12. The Morgan fingerprint density at radius 1 is 1.64 bits per heavy atom. The summed E-state index contributed by atoms with van der Waals surface area (Å²) in [4.78, 5) is 3.99. The smallest absolute Gasteiger partial charge is 0.275 e. The lowest BCUT2D eigenvalue weighted by Gasteiger charge is -1.98. The number of nitrogens with one attached hydrogen (secondary N) is 1. The van der Waals surface area contributed by atoms with Gasteiger partial charge in [-0.2, -0.15) is 10.1 Å². The highest BCUT2D eigenvalue weighted by molar-refractivity contribution is 5.44. The van der Waals surface area contributed by atoms with E-state index >= 15 is 0 Å². The van der Waals surface area contributed by atoms with E-state index in [4.69, 9.17) is 15.4 Å². The van der Waals surface area contributed by atoms with Crippen LogP contribution in [-0.2, 0) is 0 Å². The highest BCUT2D eigenvalue weighted by atomic mass is 16.5. The highest BCUT2D eigenvalue weighted by Crippen LogP contribution is 2.14. The fraction of sp³-hybridized carbons (Fsp3) is 0.286. The molecule has 2 aromatic rings. The number of aromatic amines is 1. The van der Waals surface area contributed by atoms with Crippen LogP contribution in [0.2, 0.25) is 0 Å². The Morgan fingerprint density at radius 2 is 2.50 bits per heavy atom. The van der Waals surface area contributed by atoms with Crippen molar-refractivity contribution in [3.8, 4) is 11.6 Å². The van der Waals surface area contributed by atoms with Crippen LogP contribution in [0.25, 0.3) is 11.6 Å². The Kier molecular flexibility index (Phi) is 2.25. The van der Waals surface area contributed by atoms with Gasteiger partial charge < -0.3 is 15.4 Å². The Bertz CT molecular complexity index is 396. The number of rotatable bonds is 3. The lowest BCUT2D eigenvalue weighted by atomic mass is 10.3. The topological polar surface area (TPSA) is 114 Å². The summed E-state index contributed by atoms with van der Waals surface area (Å²) in [6.07, 6.45) is 1.57. The summed E-state index contributed by atoms with van der Waals surface area (Å²) >= 11 is 0. The summed E-state index contributed by atoms with van der Waals surface area (Å²) < 4.78 is 4.91. The third kappa shape index (κ3) is 1.50. The molecule has 0 aliphatic heterocycles. The number of nitrogens with zero attached hydrogens (tertiary/aromatic N) is 3. The predicted molar refractivity (Wildman–Crippen MR) is 45.9 cm³/mol. The summed E-state index contributed by atoms with van der Waals surface area (Å²) in [5.74, 6) is 0.582. The maximum absolute atomic E-state index is 8.76. The van der Waals surface area contributed by atoms with Crippen molar-refractivity contribution in [3.63, 3.8) is 0 Å². The molecule has 0 bridgehead atoms. The second-order valence-electron chi connectivity index (χ2n) is 2.72. The Labute approximate surface area is 78.9 Å². The zero-order valence-electron chi connectivity index (χ0n) is 7.21. The van der Waals surface area contributed by atoms with Crippen LogP contribution in [0.1, 0.15) is 11.9 Å². The average molecular weight is 195 g/mol. The minimum absolute atomic E-state index is 0.220. The molecular formula is C7H9N5O2. The van der Waals surface area contributed by atoms with Gasteiger partial charge in [0.15, 0.2) is 5.82 Å². The van der Waals surface area contributed by atoms with Crippen LogP contribution in [-0.4, -0.2) is 32.1 Å². The molecule has 0 fully saturated rings. The fourth-order valence-electron chi connectivity index (χ4n) is 0.952. The molecule has 0 saturated heterocycles. The molecule has 4 N–H and O–H groups in total. The maximum atomic E-state index is 8.76. The summed E-state index contributed by atoms with van der Waals surface area (Å²) in [6, 6.07) is 1.08. The van der Waals surface area contributed by atoms with Crippen LogP contribution in [0.4, 0.5) is 0 Å². The van der Waals surface area contributed by atoms with Gasteiger partial charge in [-0.25, -0.2) is 0 Å². The van der Waals surface area contributed by atoms with Crippen molar-refractivity contribution in [2.75, 3.05) is 6.61 Å². The number of aliphatic hydroxyl groups excluding tert-OH is 1. The van der Waals surface area contributed by atoms with Gasteiger partial charge in [-0.15, -0.1) is 0 Å². The van der Waals surface area contributed by atoms with Crippen molar-refractivity contribution >= 4 is 0 Å². The molecule has 2 heterocycles. The first-order chi connectivity index (χ1) is 6.81. The van der Waals surface area contributed by atoms with E-state index < -0.39 is 6.04 Å². The summed E-state index contributed by atoms with van der Waals surface area (Å²) in [7, 11) is 0. The molecule has 0 aromatic carbocycles. The standard InChI is InChI=1S/C7H9N5O2/c8-4(3-13)6-10-7(14-12-6)5-1-2-9-11-5/h1-2,4,13H,3,8H2,(H,9,11). The largest absolute Gasteiger partial charge is 0.394 e. The lowest BCUT2D eigenvalue weighted by Crippen LogP contribution is -2.15. The Hall–Kier alpha value is -1.73. The Morgan fingerprint density at radius 3 is 3.14 bits per heavy atom. The van der Waals surface area contributed by atoms with Gasteiger partial charge in [-0.05, 0) is 6.07 Å². The van der Waals surface area contributed by atoms with E-state index in [1.165, 1.54) is 0 Å². The highest BCUT2D eigenvalue weighted by Gasteiger charge is 2.14. The molecule has 7 nitrogen and oxygen atoms in total. The van der Waals surface area contributed by atoms with Gasteiger partial charge in [0.25, 0.3) is 5.89 Å². The first-order valence-corrected chi connectivity index (χ1v) is 4.01. The molecule has 0 radical (unpaired) electrons. The number of hydrogen-bond donors (Lipinski definition) is 3. The molecule has 0 spiro atoms. The van der Waals surface area contributed by atoms with Gasteiger partial charge in [0.05, 0.1) is 12.6 Å². The number of aliphatic hydroxyl groups is 1. The first kappa shape index (κ1) is 8.85. The Balaban J connectivity index is 2.26. The van der Waals surface area contributed by atoms with Gasteiger partial charge in [-0.1, -0.05) is 5.16 Å². The SMILES string of the molecule is NC(CO)c1noc(-c2ccn[nH]2)n1. The summed E-state index contributed by atoms with van der Waals surface area (Å²) in [5, 5.41) is 18.8. The van der Waals surface area contributed by atoms with E-state index in [1.807, 2.05) is 0 Å². The van der Waals surface area contributed by atoms with Crippen molar-refractivity contribution in [2.24, 2.45) is 5.73 Å². The van der Waals surface area contributed by atoms with Gasteiger partial charge in [0, 0.05) is 6.20 Å². The molecule has 0 aliphatic carbocycles. The predicted octanol–water partition coefficient (Wildman–Crippen LogP) is -0.548. The van der Waals surface area contributed by atoms with Crippen LogP contribution < -0.4 is 5.73 Å². The minimum atomic E-state index is -0.615. The van der Waals surface area contributed by atoms with Crippen LogP contribution >= 0.6 is 0 Å². The van der Waals surface area contributed by atoms with Crippen LogP contribution in [0.5, 0.6) is 0 Å². The van der Waals surface area contributed by atoms with Gasteiger partial charge >= 0.3 is 0 Å². The first-order valence-electron chi connectivity index (χ1n) is 4.01. The zero-order chi connectivity index (χ0) is 9.97. The van der Waals surface area contributed by atoms with E-state index in [0.29, 0.717) is 11.6 Å². The zero-order valence-corrected chi connectivity index (χ0v) is 7.21. The fourth-order valence-corrected chi connectivity index (χ4v) is 0.952. The molecule has 1 unspecified atom stereocenters. The van der Waals surface area contributed by atoms with Gasteiger partial charge in [-0.3, -0.25) is 5.10 Å². The van der Waals surface area contributed by atoms with Crippen molar-refractivity contribution in [2.45, 2.75) is 6.04 Å². The van der Waals surface area contributed by atoms with Crippen molar-refractivity contribution in [1.82, 2.24) is 20.3 Å². The number of aromatic nitrogens is 4. The van der Waals surface area contributed by atoms with Crippen molar-refractivity contribution < 1.29 is 9.63 Å². The molecule has 1 atom stereocenters. The third-order valence-corrected chi connectivity index (χ3v) is 1.70. The molecule has 7 heteroatoms. The molecule has 2 aromatic heterocycles. The van der Waals surface area contributed by atoms with E-state index in [-0.39, 0.29) is 12.4 Å². The van der Waals surface area contributed by atoms with Gasteiger partial charge in [0.2, 0.25) is 0 Å². The summed E-state index contributed by atoms with van der Waals surface area (Å²) in [6.45, 7) is -0.220. The van der Waals surface area contributed by atoms with E-state index in [9.17, 15) is 0 Å². The van der Waals surface area contributed by atoms with Gasteiger partial charge in [0.1, 0.15) is 5.69 Å². The van der Waals surface area contributed by atoms with E-state index in [2.05, 4.69) is 20.3 Å². The molecule has 2 rings (SSSR count). The second kappa shape index (κ2) is 3.56. The molecule has 0 saturated carbocycles. The molecular weight excluding hydrogens is 186 g/mol. The van der Waals surface area contributed by atoms with Crippen LogP contribution in [0.15, 0.2) is 16.8 Å². The van der Waals surface area contributed by atoms with Crippen LogP contribution in [0.3, 0.4) is 0 Å². The molecule has 14 heavy (non-hydrogen) atoms. The third-order valence-electron chi connectivity index (χ3n) is 1.70. The lowest BCUT2D eigenvalue weighted by molar-refractivity contribution is 0.260. The monoisotopic (exact) mass is 195 g/mol. The average Bonchev–Trinajstić information content (AvgIpc) is 2.86. The normalized spacial score (nSPS) is 13.0. The van der Waals surface area contributed by atoms with E-state index in [1.54, 1.807) is 12.3 Å². The second-order valence-corrected chi connectivity index (χ2v) is 2.72. The molecule has 0 aliphatic rings. The maximum Gasteiger partial charge on any atom is 0.275 e. The number of nitrogens with two attached hydrogens (primary N) is 1.